The van der Waals surface area contributed by atoms with Crippen LogP contribution in [0.5, 0.6) is 11.5 Å². The maximum Gasteiger partial charge on any atom is 0.328 e. The Balaban J connectivity index is 2.14. The van der Waals surface area contributed by atoms with Gasteiger partial charge in [0.1, 0.15) is 0 Å². The van der Waals surface area contributed by atoms with Gasteiger partial charge in [0.25, 0.3) is 0 Å². The van der Waals surface area contributed by atoms with Crippen molar-refractivity contribution in [2.75, 3.05) is 7.11 Å². The van der Waals surface area contributed by atoms with Crippen molar-refractivity contribution >= 4 is 12.0 Å². The number of hydrogen-bond donors (Lipinski definition) is 1. The summed E-state index contributed by atoms with van der Waals surface area (Å²) in [6, 6.07) is 5.47. The van der Waals surface area contributed by atoms with Crippen LogP contribution < -0.4 is 9.47 Å². The number of hydrogen-bond acceptors (Lipinski definition) is 3. The lowest BCUT2D eigenvalue weighted by molar-refractivity contribution is -0.131. The highest BCUT2D eigenvalue weighted by molar-refractivity contribution is 5.85. The molecule has 1 N–H and O–H groups in total. The first kappa shape index (κ1) is 15.4. The van der Waals surface area contributed by atoms with Crippen molar-refractivity contribution in [1.82, 2.24) is 0 Å². The summed E-state index contributed by atoms with van der Waals surface area (Å²) in [6.45, 7) is 0. The zero-order valence-electron chi connectivity index (χ0n) is 12.4. The second-order valence-electron chi connectivity index (χ2n) is 5.31. The van der Waals surface area contributed by atoms with Gasteiger partial charge in [-0.3, -0.25) is 0 Å². The molecule has 0 aliphatic heterocycles. The van der Waals surface area contributed by atoms with Gasteiger partial charge in [-0.2, -0.15) is 0 Å². The highest BCUT2D eigenvalue weighted by Gasteiger charge is 2.16. The molecule has 0 aromatic heterocycles. The van der Waals surface area contributed by atoms with Gasteiger partial charge in [0.05, 0.1) is 13.2 Å². The van der Waals surface area contributed by atoms with Gasteiger partial charge >= 0.3 is 5.97 Å². The molecular formula is C17H22O4. The minimum Gasteiger partial charge on any atom is -0.493 e. The number of benzene rings is 1. The summed E-state index contributed by atoms with van der Waals surface area (Å²) in [5.74, 6) is 0.417. The molecule has 1 saturated carbocycles. The van der Waals surface area contributed by atoms with Crippen LogP contribution in [0.3, 0.4) is 0 Å². The molecule has 0 amide bonds. The second kappa shape index (κ2) is 7.72. The van der Waals surface area contributed by atoms with Gasteiger partial charge in [-0.05, 0) is 49.5 Å². The van der Waals surface area contributed by atoms with Gasteiger partial charge in [-0.15, -0.1) is 0 Å². The molecule has 0 atom stereocenters. The number of ether oxygens (including phenoxy) is 2. The van der Waals surface area contributed by atoms with Gasteiger partial charge in [0, 0.05) is 6.08 Å². The highest BCUT2D eigenvalue weighted by atomic mass is 16.5. The van der Waals surface area contributed by atoms with Crippen LogP contribution in [0.15, 0.2) is 24.3 Å². The lowest BCUT2D eigenvalue weighted by atomic mass is 10.1. The summed E-state index contributed by atoms with van der Waals surface area (Å²) in [4.78, 5) is 10.6. The van der Waals surface area contributed by atoms with Crippen LogP contribution in [0.25, 0.3) is 6.08 Å². The molecule has 4 nitrogen and oxygen atoms in total. The average molecular weight is 290 g/mol. The van der Waals surface area contributed by atoms with E-state index in [-0.39, 0.29) is 6.10 Å². The molecule has 1 fully saturated rings. The van der Waals surface area contributed by atoms with Crippen LogP contribution in [-0.4, -0.2) is 24.3 Å². The van der Waals surface area contributed by atoms with Gasteiger partial charge in [0.15, 0.2) is 11.5 Å². The first-order chi connectivity index (χ1) is 10.2. The lowest BCUT2D eigenvalue weighted by Gasteiger charge is -2.19. The van der Waals surface area contributed by atoms with Gasteiger partial charge in [0.2, 0.25) is 0 Å². The Morgan fingerprint density at radius 3 is 2.52 bits per heavy atom. The van der Waals surface area contributed by atoms with E-state index in [9.17, 15) is 4.79 Å². The molecule has 1 aliphatic carbocycles. The number of methoxy groups -OCH3 is 1. The molecule has 0 spiro atoms. The summed E-state index contributed by atoms with van der Waals surface area (Å²) in [5, 5.41) is 8.69. The molecule has 0 saturated heterocycles. The summed E-state index contributed by atoms with van der Waals surface area (Å²) in [5.41, 5.74) is 0.793. The minimum atomic E-state index is -0.961. The first-order valence-corrected chi connectivity index (χ1v) is 7.45. The highest BCUT2D eigenvalue weighted by Crippen LogP contribution is 2.32. The molecule has 0 radical (unpaired) electrons. The number of carboxylic acids is 1. The Kier molecular flexibility index (Phi) is 5.67. The normalized spacial score (nSPS) is 16.6. The van der Waals surface area contributed by atoms with E-state index >= 15 is 0 Å². The van der Waals surface area contributed by atoms with Crippen molar-refractivity contribution in [2.45, 2.75) is 44.6 Å². The van der Waals surface area contributed by atoms with Gasteiger partial charge in [-0.1, -0.05) is 18.9 Å². The quantitative estimate of drug-likeness (QED) is 0.660. The van der Waals surface area contributed by atoms with E-state index in [4.69, 9.17) is 14.6 Å². The third-order valence-corrected chi connectivity index (χ3v) is 3.70. The standard InChI is InChI=1S/C17H22O4/c1-20-15-10-8-13(9-11-17(18)19)12-16(15)21-14-6-4-2-3-5-7-14/h8-12,14H,2-7H2,1H3,(H,18,19)/b11-9+. The second-order valence-corrected chi connectivity index (χ2v) is 5.31. The fourth-order valence-corrected chi connectivity index (χ4v) is 2.60. The van der Waals surface area contributed by atoms with Crippen molar-refractivity contribution in [3.63, 3.8) is 0 Å². The third-order valence-electron chi connectivity index (χ3n) is 3.70. The van der Waals surface area contributed by atoms with E-state index in [1.54, 1.807) is 13.2 Å². The number of rotatable bonds is 5. The number of aliphatic carboxylic acids is 1. The molecule has 1 aromatic carbocycles. The smallest absolute Gasteiger partial charge is 0.328 e. The van der Waals surface area contributed by atoms with Gasteiger partial charge < -0.3 is 14.6 Å². The Morgan fingerprint density at radius 1 is 1.19 bits per heavy atom. The van der Waals surface area contributed by atoms with E-state index < -0.39 is 5.97 Å². The van der Waals surface area contributed by atoms with E-state index in [2.05, 4.69) is 0 Å². The van der Waals surface area contributed by atoms with Crippen molar-refractivity contribution < 1.29 is 19.4 Å². The van der Waals surface area contributed by atoms with Crippen LogP contribution in [0, 0.1) is 0 Å². The fourth-order valence-electron chi connectivity index (χ4n) is 2.60. The van der Waals surface area contributed by atoms with Crippen molar-refractivity contribution in [2.24, 2.45) is 0 Å². The van der Waals surface area contributed by atoms with Crippen molar-refractivity contribution in [3.8, 4) is 11.5 Å². The molecule has 21 heavy (non-hydrogen) atoms. The molecule has 1 aliphatic rings. The zero-order valence-corrected chi connectivity index (χ0v) is 12.4. The van der Waals surface area contributed by atoms with Crippen LogP contribution in [0.1, 0.15) is 44.1 Å². The predicted octanol–water partition coefficient (Wildman–Crippen LogP) is 3.89. The summed E-state index contributed by atoms with van der Waals surface area (Å²) in [7, 11) is 1.61. The Hall–Kier alpha value is -1.97. The monoisotopic (exact) mass is 290 g/mol. The Labute approximate surface area is 125 Å². The van der Waals surface area contributed by atoms with Crippen molar-refractivity contribution in [1.29, 1.82) is 0 Å². The number of carboxylic acid groups (broad SMARTS) is 1. The topological polar surface area (TPSA) is 55.8 Å². The van der Waals surface area contributed by atoms with Crippen LogP contribution in [0.4, 0.5) is 0 Å². The van der Waals surface area contributed by atoms with E-state index in [0.717, 1.165) is 24.5 Å². The van der Waals surface area contributed by atoms with Crippen LogP contribution in [0.2, 0.25) is 0 Å². The van der Waals surface area contributed by atoms with E-state index in [0.29, 0.717) is 11.5 Å². The van der Waals surface area contributed by atoms with Crippen LogP contribution in [-0.2, 0) is 4.79 Å². The van der Waals surface area contributed by atoms with Gasteiger partial charge in [-0.25, -0.2) is 4.79 Å². The summed E-state index contributed by atoms with van der Waals surface area (Å²) in [6.07, 6.45) is 9.99. The molecule has 0 bridgehead atoms. The molecule has 114 valence electrons. The van der Waals surface area contributed by atoms with Crippen LogP contribution >= 0.6 is 0 Å². The minimum absolute atomic E-state index is 0.222. The molecule has 0 unspecified atom stereocenters. The van der Waals surface area contributed by atoms with Crippen molar-refractivity contribution in [3.05, 3.63) is 29.8 Å². The maximum atomic E-state index is 10.6. The molecule has 1 aromatic rings. The molecule has 0 heterocycles. The summed E-state index contributed by atoms with van der Waals surface area (Å²) < 4.78 is 11.4. The SMILES string of the molecule is COc1ccc(/C=C/C(=O)O)cc1OC1CCCCCC1. The molecule has 4 heteroatoms. The predicted molar refractivity (Wildman–Crippen MR) is 81.8 cm³/mol. The third kappa shape index (κ3) is 4.81. The van der Waals surface area contributed by atoms with E-state index in [1.165, 1.54) is 25.7 Å². The molecular weight excluding hydrogens is 268 g/mol. The number of carbonyl (C=O) groups is 1. The summed E-state index contributed by atoms with van der Waals surface area (Å²) >= 11 is 0. The largest absolute Gasteiger partial charge is 0.493 e. The maximum absolute atomic E-state index is 10.6. The average Bonchev–Trinajstić information content (AvgIpc) is 2.74. The Morgan fingerprint density at radius 2 is 1.90 bits per heavy atom. The fraction of sp³-hybridized carbons (Fsp3) is 0.471. The van der Waals surface area contributed by atoms with E-state index in [1.807, 2.05) is 18.2 Å². The lowest BCUT2D eigenvalue weighted by Crippen LogP contribution is -2.15. The molecule has 2 rings (SSSR count). The Bertz CT molecular complexity index is 500. The first-order valence-electron chi connectivity index (χ1n) is 7.45. The zero-order chi connectivity index (χ0) is 15.1.